The maximum absolute atomic E-state index is 12.2. The molecule has 0 bridgehead atoms. The average molecular weight is 938 g/mol. The molecule has 0 aliphatic heterocycles. The molecule has 0 aliphatic carbocycles. The molecule has 0 heterocycles. The number of aryl methyl sites for hydroxylation is 5. The van der Waals surface area contributed by atoms with E-state index in [1.54, 1.807) is 6.92 Å². The summed E-state index contributed by atoms with van der Waals surface area (Å²) in [6.45, 7) is 17.7. The SMILES string of the molecule is C#Cc1ccc(CCCC)cc1.CCCCc1ccc(C#Cc2cc(C)c(C#Cc3ccc(CCCC)cc3)c(C)c2C)cc1.Cc1cc(Br)c(C)c(C)c1OS(=O)(=O)C(F)(F)F. The van der Waals surface area contributed by atoms with Crippen molar-refractivity contribution in [3.8, 4) is 41.8 Å². The van der Waals surface area contributed by atoms with Crippen LogP contribution in [0.4, 0.5) is 13.2 Å². The number of unbranched alkanes of at least 4 members (excludes halogenated alkanes) is 3. The van der Waals surface area contributed by atoms with Crippen LogP contribution in [0.5, 0.6) is 5.75 Å². The molecule has 5 aromatic carbocycles. The minimum Gasteiger partial charge on any atom is -0.375 e. The third-order valence-corrected chi connectivity index (χ3v) is 12.5. The predicted octanol–water partition coefficient (Wildman–Crippen LogP) is 14.7. The molecule has 0 saturated heterocycles. The van der Waals surface area contributed by atoms with Crippen molar-refractivity contribution in [1.29, 1.82) is 0 Å². The van der Waals surface area contributed by atoms with Crippen molar-refractivity contribution in [1.82, 2.24) is 0 Å². The zero-order valence-electron chi connectivity index (χ0n) is 38.2. The quantitative estimate of drug-likeness (QED) is 0.0753. The largest absolute Gasteiger partial charge is 0.534 e. The van der Waals surface area contributed by atoms with Crippen LogP contribution in [0.1, 0.15) is 137 Å². The van der Waals surface area contributed by atoms with Crippen molar-refractivity contribution >= 4 is 26.0 Å². The van der Waals surface area contributed by atoms with Gasteiger partial charge in [0, 0.05) is 32.3 Å². The van der Waals surface area contributed by atoms with Crippen LogP contribution in [0.25, 0.3) is 0 Å². The minimum absolute atomic E-state index is 0.284. The fraction of sp³-hybridized carbons (Fsp3) is 0.345. The lowest BCUT2D eigenvalue weighted by Crippen LogP contribution is -2.28. The molecule has 5 aromatic rings. The van der Waals surface area contributed by atoms with E-state index in [1.165, 1.54) is 98.2 Å². The summed E-state index contributed by atoms with van der Waals surface area (Å²) in [5.74, 6) is 15.9. The van der Waals surface area contributed by atoms with E-state index in [-0.39, 0.29) is 5.75 Å². The Morgan fingerprint density at radius 3 is 1.41 bits per heavy atom. The topological polar surface area (TPSA) is 43.4 Å². The first-order valence-corrected chi connectivity index (χ1v) is 23.7. The Morgan fingerprint density at radius 1 is 0.571 bits per heavy atom. The van der Waals surface area contributed by atoms with Gasteiger partial charge >= 0.3 is 15.6 Å². The summed E-state index contributed by atoms with van der Waals surface area (Å²) < 4.78 is 63.5. The number of halogens is 4. The van der Waals surface area contributed by atoms with E-state index in [4.69, 9.17) is 6.42 Å². The van der Waals surface area contributed by atoms with Gasteiger partial charge < -0.3 is 4.18 Å². The average Bonchev–Trinajstić information content (AvgIpc) is 3.26. The summed E-state index contributed by atoms with van der Waals surface area (Å²) >= 11 is 3.22. The van der Waals surface area contributed by atoms with Crippen LogP contribution in [0.2, 0.25) is 0 Å². The Labute approximate surface area is 384 Å². The smallest absolute Gasteiger partial charge is 0.375 e. The molecule has 8 heteroatoms. The highest BCUT2D eigenvalue weighted by Crippen LogP contribution is 2.35. The van der Waals surface area contributed by atoms with Gasteiger partial charge in [0.15, 0.2) is 0 Å². The lowest BCUT2D eigenvalue weighted by molar-refractivity contribution is -0.0500. The van der Waals surface area contributed by atoms with E-state index in [0.717, 1.165) is 40.7 Å². The van der Waals surface area contributed by atoms with Gasteiger partial charge in [0.1, 0.15) is 5.75 Å². The van der Waals surface area contributed by atoms with Crippen LogP contribution < -0.4 is 4.18 Å². The number of alkyl halides is 3. The van der Waals surface area contributed by atoms with E-state index in [9.17, 15) is 21.6 Å². The molecule has 0 fully saturated rings. The second-order valence-corrected chi connectivity index (χ2v) is 18.0. The molecule has 5 rings (SSSR count). The lowest BCUT2D eigenvalue weighted by Gasteiger charge is -2.15. The molecule has 0 amide bonds. The van der Waals surface area contributed by atoms with Crippen LogP contribution in [-0.4, -0.2) is 13.9 Å². The van der Waals surface area contributed by atoms with Crippen molar-refractivity contribution in [3.05, 3.63) is 167 Å². The summed E-state index contributed by atoms with van der Waals surface area (Å²) in [7, 11) is -5.64. The molecule has 63 heavy (non-hydrogen) atoms. The van der Waals surface area contributed by atoms with Crippen molar-refractivity contribution in [2.75, 3.05) is 0 Å². The van der Waals surface area contributed by atoms with Gasteiger partial charge in [-0.1, -0.05) is 122 Å². The Balaban J connectivity index is 0.000000293. The molecule has 0 N–H and O–H groups in total. The Morgan fingerprint density at radius 2 is 1.00 bits per heavy atom. The molecule has 3 nitrogen and oxygen atoms in total. The summed E-state index contributed by atoms with van der Waals surface area (Å²) in [6.07, 6.45) is 16.1. The first kappa shape index (κ1) is 52.1. The van der Waals surface area contributed by atoms with E-state index in [2.05, 4.69) is 158 Å². The van der Waals surface area contributed by atoms with Gasteiger partial charge in [-0.2, -0.15) is 21.6 Å². The Bertz CT molecular complexity index is 2560. The maximum Gasteiger partial charge on any atom is 0.534 e. The summed E-state index contributed by atoms with van der Waals surface area (Å²) in [5, 5.41) is 0. The molecule has 0 spiro atoms. The van der Waals surface area contributed by atoms with Gasteiger partial charge in [0.25, 0.3) is 0 Å². The normalized spacial score (nSPS) is 10.7. The summed E-state index contributed by atoms with van der Waals surface area (Å²) in [6, 6.07) is 29.3. The van der Waals surface area contributed by atoms with Crippen molar-refractivity contribution in [2.24, 2.45) is 0 Å². The molecule has 0 aliphatic rings. The van der Waals surface area contributed by atoms with Gasteiger partial charge in [0.05, 0.1) is 0 Å². The standard InChI is InChI=1S/C33H36.C12H14.C10H10BrF3O3S/c1-6-8-10-28-12-16-30(17-13-28)20-22-32-24-25(3)33(27(5)26(32)4)23-21-31-18-14-29(15-19-31)11-9-7-2;1-3-5-6-12-9-7-11(4-2)8-10-12;1-5-4-8(11)6(2)7(3)9(5)17-18(15,16)10(12,13)14/h12-19,24H,6-11H2,1-5H3;2,7-10H,3,5-6H2,1H3;4H,1-3H3. The van der Waals surface area contributed by atoms with Crippen LogP contribution in [0.15, 0.2) is 89.4 Å². The molecule has 0 saturated carbocycles. The third kappa shape index (κ3) is 16.1. The summed E-state index contributed by atoms with van der Waals surface area (Å²) in [5.41, 5.74) is 8.93. The fourth-order valence-corrected chi connectivity index (χ4v) is 7.60. The molecule has 0 unspecified atom stereocenters. The van der Waals surface area contributed by atoms with E-state index < -0.39 is 15.6 Å². The number of hydrogen-bond acceptors (Lipinski definition) is 3. The van der Waals surface area contributed by atoms with Crippen LogP contribution in [0, 0.1) is 77.6 Å². The molecule has 0 atom stereocenters. The highest BCUT2D eigenvalue weighted by atomic mass is 79.9. The van der Waals surface area contributed by atoms with Crippen LogP contribution >= 0.6 is 15.9 Å². The fourth-order valence-electron chi connectivity index (χ4n) is 6.39. The number of hydrogen-bond donors (Lipinski definition) is 0. The van der Waals surface area contributed by atoms with Gasteiger partial charge in [0.2, 0.25) is 0 Å². The lowest BCUT2D eigenvalue weighted by atomic mass is 9.93. The van der Waals surface area contributed by atoms with E-state index in [0.29, 0.717) is 21.2 Å². The molecule has 332 valence electrons. The molecule has 0 radical (unpaired) electrons. The van der Waals surface area contributed by atoms with E-state index in [1.807, 2.05) is 12.1 Å². The van der Waals surface area contributed by atoms with Crippen LogP contribution in [0.3, 0.4) is 0 Å². The maximum atomic E-state index is 12.2. The van der Waals surface area contributed by atoms with Crippen LogP contribution in [-0.2, 0) is 29.4 Å². The van der Waals surface area contributed by atoms with Crippen molar-refractivity contribution < 1.29 is 25.8 Å². The van der Waals surface area contributed by atoms with Crippen molar-refractivity contribution in [2.45, 2.75) is 126 Å². The Hall–Kier alpha value is -5.20. The first-order valence-electron chi connectivity index (χ1n) is 21.5. The minimum atomic E-state index is -5.64. The second-order valence-electron chi connectivity index (χ2n) is 15.6. The van der Waals surface area contributed by atoms with Gasteiger partial charge in [-0.25, -0.2) is 0 Å². The number of benzene rings is 5. The van der Waals surface area contributed by atoms with Gasteiger partial charge in [-0.3, -0.25) is 0 Å². The number of rotatable bonds is 11. The monoisotopic (exact) mass is 936 g/mol. The summed E-state index contributed by atoms with van der Waals surface area (Å²) in [4.78, 5) is 0. The van der Waals surface area contributed by atoms with E-state index >= 15 is 0 Å². The van der Waals surface area contributed by atoms with Crippen molar-refractivity contribution in [3.63, 3.8) is 0 Å². The molecule has 0 aromatic heterocycles. The van der Waals surface area contributed by atoms with Gasteiger partial charge in [-0.15, -0.1) is 6.42 Å². The zero-order valence-corrected chi connectivity index (χ0v) is 40.6. The highest BCUT2D eigenvalue weighted by Gasteiger charge is 2.49. The predicted molar refractivity (Wildman–Crippen MR) is 260 cm³/mol. The molecular formula is C55H60BrF3O3S. The van der Waals surface area contributed by atoms with Gasteiger partial charge in [-0.05, 0) is 179 Å². The second kappa shape index (κ2) is 25.2. The third-order valence-electron chi connectivity index (χ3n) is 10.7. The zero-order chi connectivity index (χ0) is 46.7. The first-order chi connectivity index (χ1) is 29.8. The Kier molecular flexibility index (Phi) is 20.8. The molecular weight excluding hydrogens is 878 g/mol. The highest BCUT2D eigenvalue weighted by molar-refractivity contribution is 9.10. The number of terminal acetylenes is 1.